The molecule has 1 aliphatic rings. The Morgan fingerprint density at radius 2 is 1.50 bits per heavy atom. The molecule has 3 aromatic carbocycles. The van der Waals surface area contributed by atoms with Gasteiger partial charge < -0.3 is 19.0 Å². The minimum absolute atomic E-state index is 0.0449. The van der Waals surface area contributed by atoms with Crippen LogP contribution >= 0.6 is 0 Å². The van der Waals surface area contributed by atoms with Crippen LogP contribution in [-0.4, -0.2) is 45.6 Å². The SMILES string of the molecule is CC(C)(C)[Si](OC(C#Cc1ccccc1C#CCCO)CCCOC1CCCCO1)(c1ccccc1)c1ccccc1. The Morgan fingerprint density at radius 3 is 2.07 bits per heavy atom. The molecule has 0 saturated carbocycles. The van der Waals surface area contributed by atoms with Gasteiger partial charge in [0, 0.05) is 30.8 Å². The van der Waals surface area contributed by atoms with Crippen molar-refractivity contribution in [2.45, 2.75) is 76.7 Å². The lowest BCUT2D eigenvalue weighted by atomic mass is 10.1. The van der Waals surface area contributed by atoms with Gasteiger partial charge in [-0.15, -0.1) is 0 Å². The Hall–Kier alpha value is -3.16. The molecule has 42 heavy (non-hydrogen) atoms. The van der Waals surface area contributed by atoms with Crippen LogP contribution in [0.3, 0.4) is 0 Å². The first-order chi connectivity index (χ1) is 20.4. The summed E-state index contributed by atoms with van der Waals surface area (Å²) in [6.07, 6.45) is 4.78. The van der Waals surface area contributed by atoms with Crippen LogP contribution in [0.5, 0.6) is 0 Å². The number of aliphatic hydroxyl groups excluding tert-OH is 1. The molecule has 0 amide bonds. The summed E-state index contributed by atoms with van der Waals surface area (Å²) in [5.41, 5.74) is 1.73. The number of ether oxygens (including phenoxy) is 2. The standard InChI is InChI=1S/C37H44O4Si/c1-37(2,3)42(34-21-6-4-7-22-34,35-23-8-5-9-24-35)41-33(20-16-30-40-36-25-13-15-29-39-36)27-26-32-18-11-10-17-31(32)19-12-14-28-38/h4-11,17-18,21-24,33,36,38H,13-16,20,25,28-30H2,1-3H3. The van der Waals surface area contributed by atoms with E-state index in [1.165, 1.54) is 10.4 Å². The van der Waals surface area contributed by atoms with Crippen LogP contribution in [0.1, 0.15) is 70.4 Å². The Kier molecular flexibility index (Phi) is 12.0. The quantitative estimate of drug-likeness (QED) is 0.180. The molecular weight excluding hydrogens is 536 g/mol. The fourth-order valence-corrected chi connectivity index (χ4v) is 10.1. The van der Waals surface area contributed by atoms with Gasteiger partial charge in [-0.25, -0.2) is 0 Å². The van der Waals surface area contributed by atoms with Crippen molar-refractivity contribution in [3.8, 4) is 23.7 Å². The van der Waals surface area contributed by atoms with Crippen LogP contribution < -0.4 is 10.4 Å². The zero-order chi connectivity index (χ0) is 29.7. The normalized spacial score (nSPS) is 16.0. The summed E-state index contributed by atoms with van der Waals surface area (Å²) < 4.78 is 19.3. The number of hydrogen-bond acceptors (Lipinski definition) is 4. The maximum Gasteiger partial charge on any atom is 0.262 e. The highest BCUT2D eigenvalue weighted by molar-refractivity contribution is 6.99. The van der Waals surface area contributed by atoms with Crippen LogP contribution in [0, 0.1) is 23.7 Å². The van der Waals surface area contributed by atoms with Crippen molar-refractivity contribution >= 4 is 18.7 Å². The number of hydrogen-bond donors (Lipinski definition) is 1. The van der Waals surface area contributed by atoms with Crippen molar-refractivity contribution in [3.63, 3.8) is 0 Å². The zero-order valence-corrected chi connectivity index (χ0v) is 26.3. The van der Waals surface area contributed by atoms with E-state index < -0.39 is 8.32 Å². The highest BCUT2D eigenvalue weighted by Gasteiger charge is 2.51. The summed E-state index contributed by atoms with van der Waals surface area (Å²) in [6.45, 7) is 8.30. The molecule has 4 nitrogen and oxygen atoms in total. The molecule has 2 atom stereocenters. The van der Waals surface area contributed by atoms with Gasteiger partial charge in [0.15, 0.2) is 6.29 Å². The van der Waals surface area contributed by atoms with E-state index in [1.54, 1.807) is 0 Å². The predicted molar refractivity (Wildman–Crippen MR) is 173 cm³/mol. The average Bonchev–Trinajstić information content (AvgIpc) is 3.01. The van der Waals surface area contributed by atoms with Crippen molar-refractivity contribution in [2.75, 3.05) is 19.8 Å². The summed E-state index contributed by atoms with van der Waals surface area (Å²) in [5.74, 6) is 13.2. The van der Waals surface area contributed by atoms with E-state index in [9.17, 15) is 5.11 Å². The molecule has 1 heterocycles. The molecule has 220 valence electrons. The molecule has 1 fully saturated rings. The molecule has 4 rings (SSSR count). The van der Waals surface area contributed by atoms with Crippen LogP contribution in [0.25, 0.3) is 0 Å². The second-order valence-electron chi connectivity index (χ2n) is 11.7. The smallest absolute Gasteiger partial charge is 0.262 e. The molecule has 0 spiro atoms. The van der Waals surface area contributed by atoms with E-state index in [4.69, 9.17) is 13.9 Å². The lowest BCUT2D eigenvalue weighted by Crippen LogP contribution is -2.67. The van der Waals surface area contributed by atoms with E-state index in [0.29, 0.717) is 13.0 Å². The third-order valence-electron chi connectivity index (χ3n) is 7.54. The largest absolute Gasteiger partial charge is 0.395 e. The highest BCUT2D eigenvalue weighted by Crippen LogP contribution is 2.38. The third-order valence-corrected chi connectivity index (χ3v) is 12.6. The highest BCUT2D eigenvalue weighted by atomic mass is 28.4. The number of benzene rings is 3. The summed E-state index contributed by atoms with van der Waals surface area (Å²) in [5, 5.41) is 11.5. The van der Waals surface area contributed by atoms with Crippen molar-refractivity contribution < 1.29 is 19.0 Å². The Morgan fingerprint density at radius 1 is 0.881 bits per heavy atom. The molecule has 1 N–H and O–H groups in total. The lowest BCUT2D eigenvalue weighted by Gasteiger charge is -2.44. The molecule has 1 saturated heterocycles. The van der Waals surface area contributed by atoms with E-state index in [2.05, 4.69) is 105 Å². The maximum atomic E-state index is 9.18. The fourth-order valence-electron chi connectivity index (χ4n) is 5.46. The van der Waals surface area contributed by atoms with E-state index in [0.717, 1.165) is 49.8 Å². The number of rotatable bonds is 10. The lowest BCUT2D eigenvalue weighted by molar-refractivity contribution is -0.163. The molecule has 2 unspecified atom stereocenters. The Balaban J connectivity index is 1.70. The van der Waals surface area contributed by atoms with Crippen LogP contribution in [0.4, 0.5) is 0 Å². The van der Waals surface area contributed by atoms with Gasteiger partial charge in [0.1, 0.15) is 6.10 Å². The third kappa shape index (κ3) is 8.45. The first-order valence-electron chi connectivity index (χ1n) is 15.2. The van der Waals surface area contributed by atoms with Crippen LogP contribution in [0.15, 0.2) is 84.9 Å². The molecule has 1 aliphatic heterocycles. The van der Waals surface area contributed by atoms with Crippen molar-refractivity contribution in [1.29, 1.82) is 0 Å². The Labute approximate surface area is 253 Å². The minimum Gasteiger partial charge on any atom is -0.395 e. The number of aliphatic hydroxyl groups is 1. The van der Waals surface area contributed by atoms with E-state index in [1.807, 2.05) is 24.3 Å². The summed E-state index contributed by atoms with van der Waals surface area (Å²) >= 11 is 0. The Bertz CT molecular complexity index is 1310. The molecular formula is C37H44O4Si. The minimum atomic E-state index is -2.81. The van der Waals surface area contributed by atoms with Gasteiger partial charge in [0.05, 0.1) is 6.61 Å². The summed E-state index contributed by atoms with van der Waals surface area (Å²) in [4.78, 5) is 0. The maximum absolute atomic E-state index is 9.18. The van der Waals surface area contributed by atoms with Gasteiger partial charge in [-0.3, -0.25) is 0 Å². The van der Waals surface area contributed by atoms with E-state index >= 15 is 0 Å². The van der Waals surface area contributed by atoms with Crippen LogP contribution in [0.2, 0.25) is 5.04 Å². The van der Waals surface area contributed by atoms with Crippen molar-refractivity contribution in [1.82, 2.24) is 0 Å². The molecule has 5 heteroatoms. The van der Waals surface area contributed by atoms with Gasteiger partial charge in [-0.05, 0) is 59.6 Å². The van der Waals surface area contributed by atoms with Gasteiger partial charge in [0.2, 0.25) is 0 Å². The fraction of sp³-hybridized carbons (Fsp3) is 0.405. The molecule has 3 aromatic rings. The first kappa shape index (κ1) is 31.8. The first-order valence-corrected chi connectivity index (χ1v) is 17.1. The van der Waals surface area contributed by atoms with Gasteiger partial charge in [-0.1, -0.05) is 117 Å². The summed E-state index contributed by atoms with van der Waals surface area (Å²) in [6, 6.07) is 29.3. The molecule has 0 aliphatic carbocycles. The molecule has 0 radical (unpaired) electrons. The average molecular weight is 581 g/mol. The topological polar surface area (TPSA) is 47.9 Å². The zero-order valence-electron chi connectivity index (χ0n) is 25.3. The second kappa shape index (κ2) is 15.9. The van der Waals surface area contributed by atoms with Gasteiger partial charge >= 0.3 is 0 Å². The summed E-state index contributed by atoms with van der Waals surface area (Å²) in [7, 11) is -2.81. The van der Waals surface area contributed by atoms with Gasteiger partial charge in [-0.2, -0.15) is 0 Å². The molecule has 0 aromatic heterocycles. The van der Waals surface area contributed by atoms with Crippen molar-refractivity contribution in [3.05, 3.63) is 96.1 Å². The second-order valence-corrected chi connectivity index (χ2v) is 15.9. The monoisotopic (exact) mass is 580 g/mol. The van der Waals surface area contributed by atoms with E-state index in [-0.39, 0.29) is 24.0 Å². The van der Waals surface area contributed by atoms with Crippen LogP contribution in [-0.2, 0) is 13.9 Å². The van der Waals surface area contributed by atoms with Crippen molar-refractivity contribution in [2.24, 2.45) is 0 Å². The molecule has 0 bridgehead atoms. The van der Waals surface area contributed by atoms with Gasteiger partial charge in [0.25, 0.3) is 8.32 Å². The predicted octanol–water partition coefficient (Wildman–Crippen LogP) is 6.04.